The van der Waals surface area contributed by atoms with Crippen LogP contribution < -0.4 is 5.43 Å². The summed E-state index contributed by atoms with van der Waals surface area (Å²) < 4.78 is 0. The van der Waals surface area contributed by atoms with Gasteiger partial charge in [0.05, 0.1) is 5.71 Å². The summed E-state index contributed by atoms with van der Waals surface area (Å²) in [6, 6.07) is 0. The zero-order valence-electron chi connectivity index (χ0n) is 4.71. The summed E-state index contributed by atoms with van der Waals surface area (Å²) in [5, 5.41) is 13.3. The summed E-state index contributed by atoms with van der Waals surface area (Å²) >= 11 is 3.23. The van der Waals surface area contributed by atoms with Crippen LogP contribution in [-0.2, 0) is 0 Å². The third-order valence-electron chi connectivity index (χ3n) is 0.948. The molecule has 1 heterocycles. The average molecular weight is 191 g/mol. The molecule has 0 aromatic rings. The van der Waals surface area contributed by atoms with Crippen molar-refractivity contribution in [3.05, 3.63) is 12.2 Å². The van der Waals surface area contributed by atoms with E-state index < -0.39 is 6.23 Å². The van der Waals surface area contributed by atoms with E-state index in [4.69, 9.17) is 5.11 Å². The number of hydrogen-bond donors (Lipinski definition) is 2. The molecule has 0 aromatic carbocycles. The highest BCUT2D eigenvalue weighted by Gasteiger charge is 2.01. The molecular formula is C5H7BrN2O. The van der Waals surface area contributed by atoms with E-state index in [-0.39, 0.29) is 0 Å². The summed E-state index contributed by atoms with van der Waals surface area (Å²) in [6.07, 6.45) is 2.80. The Kier molecular flexibility index (Phi) is 2.24. The molecular weight excluding hydrogens is 184 g/mol. The number of hydrogen-bond acceptors (Lipinski definition) is 3. The Balaban J connectivity index is 2.52. The van der Waals surface area contributed by atoms with E-state index in [1.165, 1.54) is 0 Å². The molecule has 0 spiro atoms. The van der Waals surface area contributed by atoms with Gasteiger partial charge in [0.2, 0.25) is 0 Å². The van der Waals surface area contributed by atoms with Gasteiger partial charge in [0.15, 0.2) is 6.23 Å². The topological polar surface area (TPSA) is 44.6 Å². The summed E-state index contributed by atoms with van der Waals surface area (Å²) in [7, 11) is 0. The van der Waals surface area contributed by atoms with Gasteiger partial charge in [0, 0.05) is 5.33 Å². The third kappa shape index (κ3) is 1.80. The minimum absolute atomic E-state index is 0.618. The molecule has 0 fully saturated rings. The SMILES string of the molecule is OC1C=CC(CBr)=NN1. The lowest BCUT2D eigenvalue weighted by atomic mass is 10.3. The molecule has 4 heteroatoms. The monoisotopic (exact) mass is 190 g/mol. The second kappa shape index (κ2) is 2.98. The maximum Gasteiger partial charge on any atom is 0.159 e. The molecule has 0 bridgehead atoms. The molecule has 1 atom stereocenters. The van der Waals surface area contributed by atoms with Crippen LogP contribution in [0.2, 0.25) is 0 Å². The Hall–Kier alpha value is -0.350. The van der Waals surface area contributed by atoms with Crippen molar-refractivity contribution < 1.29 is 5.11 Å². The summed E-state index contributed by atoms with van der Waals surface area (Å²) in [5.41, 5.74) is 3.40. The molecule has 50 valence electrons. The number of allylic oxidation sites excluding steroid dienone is 1. The number of hydrazone groups is 1. The molecule has 1 unspecified atom stereocenters. The Labute approximate surface area is 61.6 Å². The standard InChI is InChI=1S/C5H7BrN2O/c6-3-4-1-2-5(9)8-7-4/h1-2,5,8-9H,3H2. The van der Waals surface area contributed by atoms with Crippen LogP contribution >= 0.6 is 15.9 Å². The second-order valence-corrected chi connectivity index (χ2v) is 2.23. The maximum absolute atomic E-state index is 8.80. The number of aliphatic hydroxyl groups excluding tert-OH is 1. The highest BCUT2D eigenvalue weighted by molar-refractivity contribution is 9.09. The van der Waals surface area contributed by atoms with Crippen molar-refractivity contribution in [3.63, 3.8) is 0 Å². The van der Waals surface area contributed by atoms with Gasteiger partial charge in [0.1, 0.15) is 0 Å². The van der Waals surface area contributed by atoms with E-state index >= 15 is 0 Å². The van der Waals surface area contributed by atoms with Crippen LogP contribution in [-0.4, -0.2) is 22.4 Å². The lowest BCUT2D eigenvalue weighted by Gasteiger charge is -2.09. The number of aliphatic hydroxyl groups is 1. The third-order valence-corrected chi connectivity index (χ3v) is 1.52. The first-order chi connectivity index (χ1) is 4.33. The van der Waals surface area contributed by atoms with Gasteiger partial charge in [-0.3, -0.25) is 5.43 Å². The van der Waals surface area contributed by atoms with E-state index in [0.717, 1.165) is 5.71 Å². The summed E-state index contributed by atoms with van der Waals surface area (Å²) in [4.78, 5) is 0. The van der Waals surface area contributed by atoms with Gasteiger partial charge in [-0.05, 0) is 12.2 Å². The number of nitrogens with one attached hydrogen (secondary N) is 1. The number of halogens is 1. The van der Waals surface area contributed by atoms with Crippen LogP contribution in [0.3, 0.4) is 0 Å². The molecule has 0 radical (unpaired) electrons. The Morgan fingerprint density at radius 3 is 3.11 bits per heavy atom. The number of rotatable bonds is 1. The van der Waals surface area contributed by atoms with Gasteiger partial charge < -0.3 is 5.11 Å². The zero-order valence-corrected chi connectivity index (χ0v) is 6.30. The minimum Gasteiger partial charge on any atom is -0.369 e. The van der Waals surface area contributed by atoms with Crippen molar-refractivity contribution in [1.82, 2.24) is 5.43 Å². The van der Waals surface area contributed by atoms with Crippen molar-refractivity contribution >= 4 is 21.6 Å². The molecule has 1 aliphatic rings. The maximum atomic E-state index is 8.80. The molecule has 0 aliphatic carbocycles. The first-order valence-electron chi connectivity index (χ1n) is 2.57. The predicted octanol–water partition coefficient (Wildman–Crippen LogP) is 0.215. The molecule has 0 saturated heterocycles. The number of nitrogens with zero attached hydrogens (tertiary/aromatic N) is 1. The summed E-state index contributed by atoms with van der Waals surface area (Å²) in [6.45, 7) is 0. The molecule has 1 rings (SSSR count). The predicted molar refractivity (Wildman–Crippen MR) is 39.5 cm³/mol. The van der Waals surface area contributed by atoms with Crippen molar-refractivity contribution in [3.8, 4) is 0 Å². The normalized spacial score (nSPS) is 25.1. The van der Waals surface area contributed by atoms with E-state index in [9.17, 15) is 0 Å². The zero-order chi connectivity index (χ0) is 6.69. The van der Waals surface area contributed by atoms with Crippen LogP contribution in [0.4, 0.5) is 0 Å². The van der Waals surface area contributed by atoms with Gasteiger partial charge in [-0.25, -0.2) is 0 Å². The molecule has 0 amide bonds. The molecule has 1 aliphatic heterocycles. The number of alkyl halides is 1. The Morgan fingerprint density at radius 2 is 2.67 bits per heavy atom. The van der Waals surface area contributed by atoms with Gasteiger partial charge in [-0.1, -0.05) is 15.9 Å². The fourth-order valence-electron chi connectivity index (χ4n) is 0.506. The molecule has 0 aromatic heterocycles. The highest BCUT2D eigenvalue weighted by atomic mass is 79.9. The minimum atomic E-state index is -0.618. The lowest BCUT2D eigenvalue weighted by molar-refractivity contribution is 0.185. The average Bonchev–Trinajstić information content (AvgIpc) is 1.90. The van der Waals surface area contributed by atoms with Crippen LogP contribution in [0.1, 0.15) is 0 Å². The molecule has 9 heavy (non-hydrogen) atoms. The van der Waals surface area contributed by atoms with Crippen LogP contribution in [0, 0.1) is 0 Å². The van der Waals surface area contributed by atoms with E-state index in [1.807, 2.05) is 0 Å². The second-order valence-electron chi connectivity index (χ2n) is 1.67. The lowest BCUT2D eigenvalue weighted by Crippen LogP contribution is -2.26. The highest BCUT2D eigenvalue weighted by Crippen LogP contribution is 1.95. The molecule has 0 saturated carbocycles. The summed E-state index contributed by atoms with van der Waals surface area (Å²) in [5.74, 6) is 0. The van der Waals surface area contributed by atoms with Crippen LogP contribution in [0.5, 0.6) is 0 Å². The van der Waals surface area contributed by atoms with Crippen molar-refractivity contribution in [2.45, 2.75) is 6.23 Å². The van der Waals surface area contributed by atoms with Gasteiger partial charge in [0.25, 0.3) is 0 Å². The first kappa shape index (κ1) is 6.77. The molecule has 3 nitrogen and oxygen atoms in total. The molecule has 2 N–H and O–H groups in total. The van der Waals surface area contributed by atoms with E-state index in [1.54, 1.807) is 12.2 Å². The quantitative estimate of drug-likeness (QED) is 0.582. The van der Waals surface area contributed by atoms with Gasteiger partial charge in [-0.15, -0.1) is 0 Å². The fourth-order valence-corrected chi connectivity index (χ4v) is 0.818. The van der Waals surface area contributed by atoms with Gasteiger partial charge >= 0.3 is 0 Å². The van der Waals surface area contributed by atoms with Crippen molar-refractivity contribution in [2.75, 3.05) is 5.33 Å². The van der Waals surface area contributed by atoms with Crippen LogP contribution in [0.15, 0.2) is 17.3 Å². The van der Waals surface area contributed by atoms with E-state index in [2.05, 4.69) is 26.5 Å². The fraction of sp³-hybridized carbons (Fsp3) is 0.400. The Bertz CT molecular complexity index is 155. The smallest absolute Gasteiger partial charge is 0.159 e. The van der Waals surface area contributed by atoms with Crippen molar-refractivity contribution in [2.24, 2.45) is 5.10 Å². The largest absolute Gasteiger partial charge is 0.369 e. The van der Waals surface area contributed by atoms with Crippen LogP contribution in [0.25, 0.3) is 0 Å². The van der Waals surface area contributed by atoms with E-state index in [0.29, 0.717) is 5.33 Å². The Morgan fingerprint density at radius 1 is 1.89 bits per heavy atom. The van der Waals surface area contributed by atoms with Gasteiger partial charge in [-0.2, -0.15) is 5.10 Å². The first-order valence-corrected chi connectivity index (χ1v) is 3.69. The van der Waals surface area contributed by atoms with Crippen molar-refractivity contribution in [1.29, 1.82) is 0 Å².